The number of hydrogen-bond acceptors (Lipinski definition) is 5. The predicted octanol–water partition coefficient (Wildman–Crippen LogP) is 4.71. The summed E-state index contributed by atoms with van der Waals surface area (Å²) in [5.41, 5.74) is 1.28. The molecule has 2 aromatic rings. The quantitative estimate of drug-likeness (QED) is 0.274. The summed E-state index contributed by atoms with van der Waals surface area (Å²) in [6.07, 6.45) is 3.90. The molecule has 0 aliphatic carbocycles. The van der Waals surface area contributed by atoms with Crippen LogP contribution < -0.4 is 9.47 Å². The van der Waals surface area contributed by atoms with E-state index in [4.69, 9.17) is 9.47 Å². The maximum Gasteiger partial charge on any atom is 0.295 e. The number of carbonyl (C=O) groups is 2. The lowest BCUT2D eigenvalue weighted by Gasteiger charge is -2.26. The van der Waals surface area contributed by atoms with Gasteiger partial charge in [-0.2, -0.15) is 0 Å². The van der Waals surface area contributed by atoms with E-state index in [0.29, 0.717) is 29.2 Å². The van der Waals surface area contributed by atoms with Gasteiger partial charge in [0.05, 0.1) is 25.8 Å². The van der Waals surface area contributed by atoms with Crippen molar-refractivity contribution in [1.82, 2.24) is 4.90 Å². The number of carbonyl (C=O) groups excluding carboxylic acids is 2. The number of likely N-dealkylation sites (tertiary alicyclic amines) is 1. The number of amides is 1. The van der Waals surface area contributed by atoms with E-state index < -0.39 is 17.7 Å². The van der Waals surface area contributed by atoms with E-state index in [1.165, 1.54) is 7.11 Å². The van der Waals surface area contributed by atoms with Gasteiger partial charge in [-0.05, 0) is 24.1 Å². The van der Waals surface area contributed by atoms with Gasteiger partial charge in [-0.1, -0.05) is 62.6 Å². The van der Waals surface area contributed by atoms with Crippen LogP contribution in [0.3, 0.4) is 0 Å². The third kappa shape index (κ3) is 4.58. The summed E-state index contributed by atoms with van der Waals surface area (Å²) < 4.78 is 10.8. The Balaban J connectivity index is 2.10. The molecule has 0 spiro atoms. The molecular weight excluding hydrogens is 394 g/mol. The summed E-state index contributed by atoms with van der Waals surface area (Å²) in [6, 6.07) is 13.4. The number of ketones is 1. The molecule has 0 aromatic heterocycles. The number of aliphatic hydroxyl groups excluding tert-OH is 1. The van der Waals surface area contributed by atoms with Crippen molar-refractivity contribution in [2.75, 3.05) is 20.8 Å². The molecule has 164 valence electrons. The molecule has 1 heterocycles. The van der Waals surface area contributed by atoms with E-state index >= 15 is 0 Å². The van der Waals surface area contributed by atoms with Gasteiger partial charge in [0.2, 0.25) is 0 Å². The summed E-state index contributed by atoms with van der Waals surface area (Å²) in [4.78, 5) is 27.5. The topological polar surface area (TPSA) is 76.1 Å². The molecule has 1 amide bonds. The van der Waals surface area contributed by atoms with Crippen LogP contribution in [0.25, 0.3) is 5.76 Å². The highest BCUT2D eigenvalue weighted by Gasteiger charge is 2.46. The predicted molar refractivity (Wildman–Crippen MR) is 119 cm³/mol. The average Bonchev–Trinajstić information content (AvgIpc) is 3.06. The molecule has 31 heavy (non-hydrogen) atoms. The molecule has 1 fully saturated rings. The molecule has 1 unspecified atom stereocenters. The van der Waals surface area contributed by atoms with Crippen LogP contribution in [0.15, 0.2) is 54.1 Å². The first-order chi connectivity index (χ1) is 15.0. The first kappa shape index (κ1) is 22.4. The molecule has 1 saturated heterocycles. The number of nitrogens with zero attached hydrogens (tertiary/aromatic N) is 1. The lowest BCUT2D eigenvalue weighted by atomic mass is 9.95. The molecule has 1 aliphatic heterocycles. The first-order valence-electron chi connectivity index (χ1n) is 10.6. The van der Waals surface area contributed by atoms with Crippen molar-refractivity contribution in [2.45, 2.75) is 38.6 Å². The number of benzene rings is 2. The van der Waals surface area contributed by atoms with Crippen LogP contribution in [-0.4, -0.2) is 42.5 Å². The van der Waals surface area contributed by atoms with E-state index in [2.05, 4.69) is 6.92 Å². The van der Waals surface area contributed by atoms with Gasteiger partial charge in [0.25, 0.3) is 11.7 Å². The van der Waals surface area contributed by atoms with Gasteiger partial charge in [0.15, 0.2) is 11.5 Å². The van der Waals surface area contributed by atoms with Gasteiger partial charge in [0.1, 0.15) is 5.76 Å². The van der Waals surface area contributed by atoms with E-state index in [-0.39, 0.29) is 11.3 Å². The Kier molecular flexibility index (Phi) is 7.34. The van der Waals surface area contributed by atoms with Crippen LogP contribution in [0.2, 0.25) is 0 Å². The summed E-state index contributed by atoms with van der Waals surface area (Å²) in [6.45, 7) is 2.56. The van der Waals surface area contributed by atoms with E-state index in [1.54, 1.807) is 54.5 Å². The molecule has 1 N–H and O–H groups in total. The number of methoxy groups -OCH3 is 2. The van der Waals surface area contributed by atoms with E-state index in [9.17, 15) is 14.7 Å². The second-order valence-corrected chi connectivity index (χ2v) is 7.53. The van der Waals surface area contributed by atoms with Crippen molar-refractivity contribution in [3.63, 3.8) is 0 Å². The summed E-state index contributed by atoms with van der Waals surface area (Å²) >= 11 is 0. The van der Waals surface area contributed by atoms with Crippen LogP contribution >= 0.6 is 0 Å². The van der Waals surface area contributed by atoms with Crippen molar-refractivity contribution in [3.8, 4) is 11.5 Å². The van der Waals surface area contributed by atoms with Crippen molar-refractivity contribution in [3.05, 3.63) is 65.2 Å². The first-order valence-corrected chi connectivity index (χ1v) is 10.6. The van der Waals surface area contributed by atoms with Gasteiger partial charge >= 0.3 is 0 Å². The molecule has 6 heteroatoms. The van der Waals surface area contributed by atoms with Crippen LogP contribution in [0, 0.1) is 0 Å². The Morgan fingerprint density at radius 1 is 0.968 bits per heavy atom. The van der Waals surface area contributed by atoms with E-state index in [1.807, 2.05) is 6.07 Å². The largest absolute Gasteiger partial charge is 0.507 e. The van der Waals surface area contributed by atoms with Gasteiger partial charge in [0, 0.05) is 12.1 Å². The zero-order valence-corrected chi connectivity index (χ0v) is 18.3. The molecule has 1 aliphatic rings. The van der Waals surface area contributed by atoms with Gasteiger partial charge in [-0.15, -0.1) is 0 Å². The highest BCUT2D eigenvalue weighted by atomic mass is 16.5. The molecule has 6 nitrogen and oxygen atoms in total. The molecule has 3 rings (SSSR count). The van der Waals surface area contributed by atoms with Crippen molar-refractivity contribution < 1.29 is 24.2 Å². The second-order valence-electron chi connectivity index (χ2n) is 7.53. The van der Waals surface area contributed by atoms with Crippen LogP contribution in [0.4, 0.5) is 0 Å². The Morgan fingerprint density at radius 2 is 1.68 bits per heavy atom. The average molecular weight is 424 g/mol. The minimum Gasteiger partial charge on any atom is -0.507 e. The Morgan fingerprint density at radius 3 is 2.32 bits per heavy atom. The fourth-order valence-electron chi connectivity index (χ4n) is 3.94. The third-order valence-corrected chi connectivity index (χ3v) is 5.56. The number of unbranched alkanes of at least 4 members (excludes halogenated alkanes) is 3. The Labute approximate surface area is 183 Å². The number of hydrogen-bond donors (Lipinski definition) is 1. The molecular formula is C25H29NO5. The van der Waals surface area contributed by atoms with Gasteiger partial charge in [-0.25, -0.2) is 0 Å². The van der Waals surface area contributed by atoms with Crippen molar-refractivity contribution in [2.24, 2.45) is 0 Å². The maximum absolute atomic E-state index is 13.0. The minimum absolute atomic E-state index is 0.0962. The highest BCUT2D eigenvalue weighted by molar-refractivity contribution is 6.46. The van der Waals surface area contributed by atoms with Gasteiger partial charge < -0.3 is 19.5 Å². The highest BCUT2D eigenvalue weighted by Crippen LogP contribution is 2.42. The zero-order valence-electron chi connectivity index (χ0n) is 18.3. The minimum atomic E-state index is -0.693. The zero-order chi connectivity index (χ0) is 22.4. The molecule has 0 saturated carbocycles. The summed E-state index contributed by atoms with van der Waals surface area (Å²) in [5, 5.41) is 11.0. The molecule has 1 atom stereocenters. The van der Waals surface area contributed by atoms with E-state index in [0.717, 1.165) is 25.7 Å². The van der Waals surface area contributed by atoms with Crippen LogP contribution in [0.5, 0.6) is 11.5 Å². The number of ether oxygens (including phenoxy) is 2. The van der Waals surface area contributed by atoms with Crippen molar-refractivity contribution >= 4 is 17.4 Å². The monoisotopic (exact) mass is 423 g/mol. The number of aliphatic hydroxyl groups is 1. The lowest BCUT2D eigenvalue weighted by molar-refractivity contribution is -0.139. The molecule has 2 aromatic carbocycles. The normalized spacial score (nSPS) is 17.8. The fraction of sp³-hybridized carbons (Fsp3) is 0.360. The maximum atomic E-state index is 13.0. The standard InChI is InChI=1S/C25H29NO5/c1-4-5-6-10-15-26-22(18-13-14-19(30-2)20(16-18)31-3)21(24(28)25(26)29)23(27)17-11-8-7-9-12-17/h7-9,11-14,16,22,27H,4-6,10,15H2,1-3H3/b23-21-. The number of rotatable bonds is 9. The number of Topliss-reactive ketones (excluding diaryl/α,β-unsaturated/α-hetero) is 1. The van der Waals surface area contributed by atoms with Crippen LogP contribution in [-0.2, 0) is 9.59 Å². The molecule has 0 bridgehead atoms. The smallest absolute Gasteiger partial charge is 0.295 e. The fourth-order valence-corrected chi connectivity index (χ4v) is 3.94. The lowest BCUT2D eigenvalue weighted by Crippen LogP contribution is -2.30. The summed E-state index contributed by atoms with van der Waals surface area (Å²) in [5.74, 6) is -0.384. The Hall–Kier alpha value is -3.28. The third-order valence-electron chi connectivity index (χ3n) is 5.56. The molecule has 0 radical (unpaired) electrons. The Bertz CT molecular complexity index is 967. The van der Waals surface area contributed by atoms with Gasteiger partial charge in [-0.3, -0.25) is 9.59 Å². The van der Waals surface area contributed by atoms with Crippen LogP contribution in [0.1, 0.15) is 49.8 Å². The van der Waals surface area contributed by atoms with Crippen molar-refractivity contribution in [1.29, 1.82) is 0 Å². The SMILES string of the molecule is CCCCCCN1C(=O)C(=O)/C(=C(\O)c2ccccc2)C1c1ccc(OC)c(OC)c1. The summed E-state index contributed by atoms with van der Waals surface area (Å²) in [7, 11) is 3.08. The second kappa shape index (κ2) is 10.2.